The van der Waals surface area contributed by atoms with Crippen molar-refractivity contribution in [3.8, 4) is 0 Å². The summed E-state index contributed by atoms with van der Waals surface area (Å²) in [7, 11) is 0. The first kappa shape index (κ1) is 26.2. The normalized spacial score (nSPS) is 30.5. The first-order valence-corrected chi connectivity index (χ1v) is 13.4. The predicted molar refractivity (Wildman–Crippen MR) is 131 cm³/mol. The number of hydrogen-bond acceptors (Lipinski definition) is 5. The number of rotatable bonds is 5. The van der Waals surface area contributed by atoms with Crippen molar-refractivity contribution < 1.29 is 27.5 Å². The quantitative estimate of drug-likeness (QED) is 0.568. The summed E-state index contributed by atoms with van der Waals surface area (Å²) in [5.74, 6) is 0.564. The molecule has 0 radical (unpaired) electrons. The maximum atomic E-state index is 13.9. The number of aliphatic hydroxyl groups is 1. The van der Waals surface area contributed by atoms with Crippen LogP contribution >= 0.6 is 0 Å². The second-order valence-corrected chi connectivity index (χ2v) is 11.5. The molecule has 2 fully saturated rings. The van der Waals surface area contributed by atoms with E-state index in [0.717, 1.165) is 43.7 Å². The number of amides is 1. The lowest BCUT2D eigenvalue weighted by atomic mass is 9.73. The van der Waals surface area contributed by atoms with Gasteiger partial charge in [-0.15, -0.1) is 0 Å². The van der Waals surface area contributed by atoms with E-state index in [0.29, 0.717) is 37.3 Å². The van der Waals surface area contributed by atoms with Crippen LogP contribution in [0.25, 0.3) is 0 Å². The van der Waals surface area contributed by atoms with Crippen molar-refractivity contribution in [1.29, 1.82) is 0 Å². The average Bonchev–Trinajstić information content (AvgIpc) is 3.56. The molecular formula is C28H36F3N3O3. The fourth-order valence-corrected chi connectivity index (χ4v) is 6.67. The minimum atomic E-state index is -4.39. The Morgan fingerprint density at radius 1 is 1.16 bits per heavy atom. The largest absolute Gasteiger partial charge is 0.446 e. The number of aromatic nitrogens is 1. The van der Waals surface area contributed by atoms with Crippen LogP contribution in [0, 0.1) is 11.3 Å². The van der Waals surface area contributed by atoms with Gasteiger partial charge < -0.3 is 19.7 Å². The van der Waals surface area contributed by atoms with E-state index < -0.39 is 22.8 Å². The second-order valence-electron chi connectivity index (χ2n) is 11.5. The minimum absolute atomic E-state index is 0.0665. The van der Waals surface area contributed by atoms with Gasteiger partial charge in [-0.2, -0.15) is 13.2 Å². The molecule has 37 heavy (non-hydrogen) atoms. The molecule has 2 aromatic rings. The molecule has 1 aromatic heterocycles. The van der Waals surface area contributed by atoms with Crippen LogP contribution in [0.3, 0.4) is 0 Å². The van der Waals surface area contributed by atoms with Crippen LogP contribution in [0.2, 0.25) is 0 Å². The zero-order chi connectivity index (χ0) is 26.4. The summed E-state index contributed by atoms with van der Waals surface area (Å²) in [6.45, 7) is 4.92. The van der Waals surface area contributed by atoms with Gasteiger partial charge in [0.25, 0.3) is 0 Å². The molecule has 3 aliphatic rings. The molecule has 2 saturated carbocycles. The lowest BCUT2D eigenvalue weighted by Crippen LogP contribution is -2.49. The van der Waals surface area contributed by atoms with Gasteiger partial charge in [-0.05, 0) is 80.5 Å². The summed E-state index contributed by atoms with van der Waals surface area (Å²) in [4.78, 5) is 19.9. The predicted octanol–water partition coefficient (Wildman–Crippen LogP) is 5.19. The van der Waals surface area contributed by atoms with Crippen molar-refractivity contribution in [2.75, 3.05) is 6.54 Å². The molecule has 2 N–H and O–H groups in total. The monoisotopic (exact) mass is 519 g/mol. The number of carbonyl (C=O) groups excluding carboxylic acids is 1. The van der Waals surface area contributed by atoms with E-state index in [-0.39, 0.29) is 30.5 Å². The van der Waals surface area contributed by atoms with Crippen molar-refractivity contribution >= 4 is 5.91 Å². The molecule has 1 amide bonds. The third kappa shape index (κ3) is 5.04. The van der Waals surface area contributed by atoms with Crippen molar-refractivity contribution in [3.63, 3.8) is 0 Å². The van der Waals surface area contributed by atoms with E-state index >= 15 is 0 Å². The Balaban J connectivity index is 1.23. The Kier molecular flexibility index (Phi) is 6.90. The van der Waals surface area contributed by atoms with E-state index in [4.69, 9.17) is 4.42 Å². The topological polar surface area (TPSA) is 78.6 Å². The van der Waals surface area contributed by atoms with Crippen LogP contribution in [0.15, 0.2) is 35.1 Å². The number of oxazole rings is 1. The van der Waals surface area contributed by atoms with Gasteiger partial charge in [0.2, 0.25) is 11.8 Å². The maximum Gasteiger partial charge on any atom is 0.416 e. The van der Waals surface area contributed by atoms with E-state index in [1.165, 1.54) is 12.3 Å². The molecule has 5 rings (SSSR count). The molecule has 0 bridgehead atoms. The van der Waals surface area contributed by atoms with Gasteiger partial charge in [-0.3, -0.25) is 4.79 Å². The van der Waals surface area contributed by atoms with Crippen LogP contribution in [-0.4, -0.2) is 39.5 Å². The lowest BCUT2D eigenvalue weighted by Gasteiger charge is -2.40. The molecule has 1 aromatic carbocycles. The number of hydrogen-bond donors (Lipinski definition) is 2. The molecule has 6 nitrogen and oxygen atoms in total. The zero-order valence-electron chi connectivity index (χ0n) is 21.5. The number of halogens is 3. The molecule has 2 aliphatic carbocycles. The van der Waals surface area contributed by atoms with Crippen LogP contribution in [0.4, 0.5) is 13.2 Å². The first-order chi connectivity index (χ1) is 17.5. The van der Waals surface area contributed by atoms with Gasteiger partial charge in [0, 0.05) is 25.2 Å². The summed E-state index contributed by atoms with van der Waals surface area (Å²) in [6, 6.07) is 4.34. The smallest absolute Gasteiger partial charge is 0.416 e. The molecule has 202 valence electrons. The summed E-state index contributed by atoms with van der Waals surface area (Å²) < 4.78 is 45.1. The fraction of sp³-hybridized carbons (Fsp3) is 0.643. The first-order valence-electron chi connectivity index (χ1n) is 13.4. The van der Waals surface area contributed by atoms with Gasteiger partial charge in [-0.25, -0.2) is 4.98 Å². The standard InChI is InChI=1S/C28H36F3N3O3/c1-18(2)26(25(35)34-13-8-19-3-4-21(28(29,30)31)15-20(19)17-34)9-5-23(16-26)33-22-6-10-27(36,11-7-22)24-32-12-14-37-24/h3-4,12,14-15,18,22-23,33,36H,5-11,13,16-17H2,1-2H3/t22?,23?,26-,27?/m0/s1. The summed E-state index contributed by atoms with van der Waals surface area (Å²) in [5.41, 5.74) is -0.715. The Labute approximate surface area is 215 Å². The van der Waals surface area contributed by atoms with Crippen molar-refractivity contribution in [3.05, 3.63) is 53.2 Å². The number of carbonyl (C=O) groups is 1. The molecule has 2 atom stereocenters. The Hall–Kier alpha value is -2.39. The highest BCUT2D eigenvalue weighted by Gasteiger charge is 2.50. The molecule has 9 heteroatoms. The molecule has 2 heterocycles. The number of fused-ring (bicyclic) bond motifs is 1. The van der Waals surface area contributed by atoms with Crippen LogP contribution < -0.4 is 5.32 Å². The SMILES string of the molecule is CC(C)[C@]1(C(=O)N2CCc3ccc(C(F)(F)F)cc3C2)CCC(NC2CCC(O)(c3ncco3)CC2)C1. The van der Waals surface area contributed by atoms with Gasteiger partial charge in [0.15, 0.2) is 0 Å². The lowest BCUT2D eigenvalue weighted by molar-refractivity contribution is -0.145. The highest BCUT2D eigenvalue weighted by molar-refractivity contribution is 5.84. The highest BCUT2D eigenvalue weighted by Crippen LogP contribution is 2.47. The fourth-order valence-electron chi connectivity index (χ4n) is 6.67. The van der Waals surface area contributed by atoms with Crippen molar-refractivity contribution in [2.45, 2.75) is 95.6 Å². The molecule has 0 saturated heterocycles. The zero-order valence-corrected chi connectivity index (χ0v) is 21.5. The average molecular weight is 520 g/mol. The Morgan fingerprint density at radius 2 is 1.89 bits per heavy atom. The number of alkyl halides is 3. The Morgan fingerprint density at radius 3 is 2.54 bits per heavy atom. The third-order valence-electron chi connectivity index (χ3n) is 9.03. The second kappa shape index (κ2) is 9.73. The highest BCUT2D eigenvalue weighted by atomic mass is 19.4. The van der Waals surface area contributed by atoms with Gasteiger partial charge in [-0.1, -0.05) is 19.9 Å². The van der Waals surface area contributed by atoms with Crippen molar-refractivity contribution in [2.24, 2.45) is 11.3 Å². The van der Waals surface area contributed by atoms with Crippen LogP contribution in [-0.2, 0) is 29.5 Å². The minimum Gasteiger partial charge on any atom is -0.446 e. The van der Waals surface area contributed by atoms with Crippen molar-refractivity contribution in [1.82, 2.24) is 15.2 Å². The van der Waals surface area contributed by atoms with E-state index in [9.17, 15) is 23.1 Å². The molecule has 1 aliphatic heterocycles. The number of nitrogens with zero attached hydrogens (tertiary/aromatic N) is 2. The third-order valence-corrected chi connectivity index (χ3v) is 9.03. The van der Waals surface area contributed by atoms with Gasteiger partial charge in [0.1, 0.15) is 11.9 Å². The summed E-state index contributed by atoms with van der Waals surface area (Å²) in [5, 5.41) is 14.7. The molecule has 0 spiro atoms. The van der Waals surface area contributed by atoms with E-state index in [1.54, 1.807) is 17.2 Å². The molecule has 1 unspecified atom stereocenters. The molecular weight excluding hydrogens is 483 g/mol. The van der Waals surface area contributed by atoms with Gasteiger partial charge in [0.05, 0.1) is 17.2 Å². The van der Waals surface area contributed by atoms with E-state index in [2.05, 4.69) is 24.1 Å². The van der Waals surface area contributed by atoms with Gasteiger partial charge >= 0.3 is 6.18 Å². The summed E-state index contributed by atoms with van der Waals surface area (Å²) in [6.07, 6.45) is 4.30. The van der Waals surface area contributed by atoms with E-state index in [1.807, 2.05) is 0 Å². The Bertz CT molecular complexity index is 1110. The van der Waals surface area contributed by atoms with Crippen LogP contribution in [0.5, 0.6) is 0 Å². The number of nitrogens with one attached hydrogen (secondary N) is 1. The maximum absolute atomic E-state index is 13.9. The number of benzene rings is 1. The van der Waals surface area contributed by atoms with Crippen LogP contribution in [0.1, 0.15) is 81.4 Å². The summed E-state index contributed by atoms with van der Waals surface area (Å²) >= 11 is 0.